The minimum atomic E-state index is -0.636. The Bertz CT molecular complexity index is 938. The van der Waals surface area contributed by atoms with Crippen molar-refractivity contribution in [1.29, 1.82) is 0 Å². The SMILES string of the molecule is CCOC(=O)c1[nH]c(OCc2c(F)cccc2Cl)nc1-c1ccc(F)cc1. The van der Waals surface area contributed by atoms with E-state index in [0.717, 1.165) is 0 Å². The molecule has 1 heterocycles. The van der Waals surface area contributed by atoms with Crippen LogP contribution in [0, 0.1) is 11.6 Å². The van der Waals surface area contributed by atoms with E-state index in [1.807, 2.05) is 0 Å². The molecular formula is C19H15ClF2N2O3. The largest absolute Gasteiger partial charge is 0.461 e. The van der Waals surface area contributed by atoms with E-state index < -0.39 is 17.6 Å². The number of ether oxygens (including phenoxy) is 2. The average Bonchev–Trinajstić information content (AvgIpc) is 3.06. The average molecular weight is 393 g/mol. The van der Waals surface area contributed by atoms with Crippen LogP contribution in [0.4, 0.5) is 8.78 Å². The molecule has 0 aliphatic carbocycles. The zero-order valence-electron chi connectivity index (χ0n) is 14.3. The first kappa shape index (κ1) is 18.8. The molecule has 0 spiro atoms. The molecule has 1 aromatic heterocycles. The van der Waals surface area contributed by atoms with Crippen molar-refractivity contribution in [1.82, 2.24) is 9.97 Å². The Morgan fingerprint density at radius 3 is 2.59 bits per heavy atom. The predicted molar refractivity (Wildman–Crippen MR) is 95.7 cm³/mol. The van der Waals surface area contributed by atoms with Gasteiger partial charge in [-0.3, -0.25) is 0 Å². The van der Waals surface area contributed by atoms with E-state index in [9.17, 15) is 13.6 Å². The maximum atomic E-state index is 13.9. The Labute approximate surface area is 158 Å². The monoisotopic (exact) mass is 392 g/mol. The molecule has 0 radical (unpaired) electrons. The molecule has 0 unspecified atom stereocenters. The molecule has 0 saturated carbocycles. The quantitative estimate of drug-likeness (QED) is 0.614. The van der Waals surface area contributed by atoms with Gasteiger partial charge in [-0.25, -0.2) is 13.6 Å². The number of carbonyl (C=O) groups is 1. The summed E-state index contributed by atoms with van der Waals surface area (Å²) < 4.78 is 37.5. The first-order valence-electron chi connectivity index (χ1n) is 8.08. The minimum Gasteiger partial charge on any atom is -0.461 e. The molecule has 0 atom stereocenters. The van der Waals surface area contributed by atoms with Crippen molar-refractivity contribution in [2.24, 2.45) is 0 Å². The van der Waals surface area contributed by atoms with Crippen LogP contribution in [0.15, 0.2) is 42.5 Å². The number of H-pyrrole nitrogens is 1. The van der Waals surface area contributed by atoms with Crippen LogP contribution in [-0.4, -0.2) is 22.5 Å². The molecule has 0 fully saturated rings. The van der Waals surface area contributed by atoms with Crippen LogP contribution in [0.2, 0.25) is 5.02 Å². The summed E-state index contributed by atoms with van der Waals surface area (Å²) in [7, 11) is 0. The van der Waals surface area contributed by atoms with E-state index in [1.165, 1.54) is 36.4 Å². The molecule has 0 aliphatic rings. The summed E-state index contributed by atoms with van der Waals surface area (Å²) in [6, 6.07) is 9.73. The Morgan fingerprint density at radius 1 is 1.19 bits per heavy atom. The van der Waals surface area contributed by atoms with Crippen molar-refractivity contribution in [3.05, 3.63) is 70.4 Å². The second kappa shape index (κ2) is 8.18. The van der Waals surface area contributed by atoms with E-state index in [4.69, 9.17) is 21.1 Å². The van der Waals surface area contributed by atoms with Crippen molar-refractivity contribution in [2.45, 2.75) is 13.5 Å². The van der Waals surface area contributed by atoms with E-state index >= 15 is 0 Å². The maximum absolute atomic E-state index is 13.9. The molecule has 3 rings (SSSR count). The van der Waals surface area contributed by atoms with Gasteiger partial charge in [-0.05, 0) is 43.3 Å². The van der Waals surface area contributed by atoms with Gasteiger partial charge >= 0.3 is 5.97 Å². The van der Waals surface area contributed by atoms with Crippen LogP contribution in [-0.2, 0) is 11.3 Å². The molecule has 0 saturated heterocycles. The number of benzene rings is 2. The highest BCUT2D eigenvalue weighted by atomic mass is 35.5. The van der Waals surface area contributed by atoms with Crippen LogP contribution in [0.3, 0.4) is 0 Å². The maximum Gasteiger partial charge on any atom is 0.357 e. The van der Waals surface area contributed by atoms with Gasteiger partial charge in [0.25, 0.3) is 6.01 Å². The van der Waals surface area contributed by atoms with Gasteiger partial charge in [0.2, 0.25) is 0 Å². The third-order valence-electron chi connectivity index (χ3n) is 3.69. The highest BCUT2D eigenvalue weighted by Gasteiger charge is 2.21. The van der Waals surface area contributed by atoms with E-state index in [1.54, 1.807) is 13.0 Å². The fourth-order valence-corrected chi connectivity index (χ4v) is 2.62. The van der Waals surface area contributed by atoms with Crippen molar-refractivity contribution in [2.75, 3.05) is 6.61 Å². The van der Waals surface area contributed by atoms with Gasteiger partial charge in [-0.2, -0.15) is 4.98 Å². The summed E-state index contributed by atoms with van der Waals surface area (Å²) in [5, 5.41) is 0.214. The van der Waals surface area contributed by atoms with E-state index in [2.05, 4.69) is 9.97 Å². The van der Waals surface area contributed by atoms with Crippen molar-refractivity contribution in [3.8, 4) is 17.3 Å². The first-order chi connectivity index (χ1) is 13.0. The molecule has 0 aliphatic heterocycles. The smallest absolute Gasteiger partial charge is 0.357 e. The van der Waals surface area contributed by atoms with E-state index in [0.29, 0.717) is 5.56 Å². The summed E-state index contributed by atoms with van der Waals surface area (Å²) in [4.78, 5) is 19.1. The number of halogens is 3. The number of carbonyl (C=O) groups excluding carboxylic acids is 1. The number of aromatic nitrogens is 2. The third kappa shape index (κ3) is 4.25. The van der Waals surface area contributed by atoms with Crippen LogP contribution in [0.25, 0.3) is 11.3 Å². The molecule has 0 amide bonds. The predicted octanol–water partition coefficient (Wildman–Crippen LogP) is 4.76. The second-order valence-corrected chi connectivity index (χ2v) is 5.89. The molecule has 0 bridgehead atoms. The summed E-state index contributed by atoms with van der Waals surface area (Å²) in [5.41, 5.74) is 0.951. The number of nitrogens with one attached hydrogen (secondary N) is 1. The number of hydrogen-bond donors (Lipinski definition) is 1. The van der Waals surface area contributed by atoms with Gasteiger partial charge in [-0.1, -0.05) is 17.7 Å². The number of esters is 1. The molecule has 27 heavy (non-hydrogen) atoms. The van der Waals surface area contributed by atoms with Gasteiger partial charge in [0.1, 0.15) is 23.9 Å². The zero-order chi connectivity index (χ0) is 19.4. The first-order valence-corrected chi connectivity index (χ1v) is 8.46. The summed E-state index contributed by atoms with van der Waals surface area (Å²) in [5.74, 6) is -1.57. The lowest BCUT2D eigenvalue weighted by atomic mass is 10.1. The Kier molecular flexibility index (Phi) is 5.71. The number of hydrogen-bond acceptors (Lipinski definition) is 4. The van der Waals surface area contributed by atoms with Crippen LogP contribution in [0.1, 0.15) is 23.0 Å². The van der Waals surface area contributed by atoms with Gasteiger partial charge in [0.15, 0.2) is 5.69 Å². The zero-order valence-corrected chi connectivity index (χ0v) is 15.0. The van der Waals surface area contributed by atoms with Gasteiger partial charge in [-0.15, -0.1) is 0 Å². The highest BCUT2D eigenvalue weighted by molar-refractivity contribution is 6.31. The fraction of sp³-hybridized carbons (Fsp3) is 0.158. The Balaban J connectivity index is 1.91. The van der Waals surface area contributed by atoms with Crippen LogP contribution < -0.4 is 4.74 Å². The highest BCUT2D eigenvalue weighted by Crippen LogP contribution is 2.27. The normalized spacial score (nSPS) is 10.7. The van der Waals surface area contributed by atoms with Crippen LogP contribution in [0.5, 0.6) is 6.01 Å². The molecular weight excluding hydrogens is 378 g/mol. The van der Waals surface area contributed by atoms with Crippen molar-refractivity contribution < 1.29 is 23.0 Å². The molecule has 2 aromatic carbocycles. The summed E-state index contributed by atoms with van der Waals surface area (Å²) in [6.45, 7) is 1.65. The lowest BCUT2D eigenvalue weighted by Gasteiger charge is -2.06. The van der Waals surface area contributed by atoms with Crippen molar-refractivity contribution >= 4 is 17.6 Å². The minimum absolute atomic E-state index is 0.0169. The number of rotatable bonds is 6. The van der Waals surface area contributed by atoms with Gasteiger partial charge in [0.05, 0.1) is 11.6 Å². The number of nitrogens with zero attached hydrogens (tertiary/aromatic N) is 1. The number of aromatic amines is 1. The Hall–Kier alpha value is -2.93. The number of imidazole rings is 1. The second-order valence-electron chi connectivity index (χ2n) is 5.48. The lowest BCUT2D eigenvalue weighted by molar-refractivity contribution is 0.0520. The summed E-state index contributed by atoms with van der Waals surface area (Å²) >= 11 is 5.97. The van der Waals surface area contributed by atoms with E-state index in [-0.39, 0.29) is 41.2 Å². The molecule has 3 aromatic rings. The third-order valence-corrected chi connectivity index (χ3v) is 4.05. The topological polar surface area (TPSA) is 64.2 Å². The fourth-order valence-electron chi connectivity index (χ4n) is 2.40. The molecule has 1 N–H and O–H groups in total. The van der Waals surface area contributed by atoms with Crippen molar-refractivity contribution in [3.63, 3.8) is 0 Å². The Morgan fingerprint density at radius 2 is 1.93 bits per heavy atom. The molecule has 5 nitrogen and oxygen atoms in total. The lowest BCUT2D eigenvalue weighted by Crippen LogP contribution is -2.07. The van der Waals surface area contributed by atoms with Gasteiger partial charge < -0.3 is 14.5 Å². The van der Waals surface area contributed by atoms with Crippen LogP contribution >= 0.6 is 11.6 Å². The summed E-state index contributed by atoms with van der Waals surface area (Å²) in [6.07, 6.45) is 0. The molecule has 140 valence electrons. The molecule has 8 heteroatoms. The standard InChI is InChI=1S/C19H15ClF2N2O3/c1-2-26-18(25)17-16(11-6-8-12(21)9-7-11)23-19(24-17)27-10-13-14(20)4-3-5-15(13)22/h3-9H,2,10H2,1H3,(H,23,24). The van der Waals surface area contributed by atoms with Gasteiger partial charge in [0, 0.05) is 11.1 Å².